The average molecular weight is 219 g/mol. The van der Waals surface area contributed by atoms with E-state index in [0.29, 0.717) is 24.3 Å². The summed E-state index contributed by atoms with van der Waals surface area (Å²) in [7, 11) is 1.47. The minimum absolute atomic E-state index is 0.293. The quantitative estimate of drug-likeness (QED) is 0.253. The van der Waals surface area contributed by atoms with Gasteiger partial charge in [-0.2, -0.15) is 0 Å². The summed E-state index contributed by atoms with van der Waals surface area (Å²) in [4.78, 5) is 2.59. The predicted octanol–water partition coefficient (Wildman–Crippen LogP) is 2.89. The van der Waals surface area contributed by atoms with Gasteiger partial charge in [0.25, 0.3) is 0 Å². The molecule has 0 spiro atoms. The minimum atomic E-state index is -0.421. The predicted molar refractivity (Wildman–Crippen MR) is 58.5 cm³/mol. The molecule has 0 aliphatic heterocycles. The highest BCUT2D eigenvalue weighted by Gasteiger charge is 2.00. The number of nitrogens with zero attached hydrogens (tertiary/aromatic N) is 3. The maximum Gasteiger partial charge on any atom is 0.142 e. The first-order valence-electron chi connectivity index (χ1n) is 4.61. The third-order valence-electron chi connectivity index (χ3n) is 1.80. The lowest BCUT2D eigenvalue weighted by Crippen LogP contribution is -1.87. The summed E-state index contributed by atoms with van der Waals surface area (Å²) < 4.78 is 18.2. The first kappa shape index (κ1) is 11.9. The Labute approximate surface area is 92.7 Å². The highest BCUT2D eigenvalue weighted by Crippen LogP contribution is 2.15. The van der Waals surface area contributed by atoms with Crippen molar-refractivity contribution in [3.05, 3.63) is 40.0 Å². The Morgan fingerprint density at radius 1 is 1.56 bits per heavy atom. The smallest absolute Gasteiger partial charge is 0.142 e. The number of methoxy groups -OCH3 is 1. The second kappa shape index (κ2) is 6.33. The van der Waals surface area contributed by atoms with E-state index in [4.69, 9.17) is 10.3 Å². The number of halogens is 1. The summed E-state index contributed by atoms with van der Waals surface area (Å²) in [6.45, 7) is 0.293. The summed E-state index contributed by atoms with van der Waals surface area (Å²) in [6, 6.07) is 4.46. The zero-order chi connectivity index (χ0) is 11.8. The van der Waals surface area contributed by atoms with Gasteiger partial charge in [0.2, 0.25) is 0 Å². The van der Waals surface area contributed by atoms with Crippen molar-refractivity contribution >= 4 is 0 Å². The Hall–Kier alpha value is -2.18. The molecule has 0 aromatic heterocycles. The summed E-state index contributed by atoms with van der Waals surface area (Å²) >= 11 is 0. The fourth-order valence-electron chi connectivity index (χ4n) is 1.03. The van der Waals surface area contributed by atoms with Gasteiger partial charge in [0.1, 0.15) is 11.6 Å². The van der Waals surface area contributed by atoms with Crippen LogP contribution in [-0.2, 0) is 0 Å². The molecule has 1 rings (SSSR count). The van der Waals surface area contributed by atoms with Crippen molar-refractivity contribution in [2.75, 3.05) is 13.7 Å². The summed E-state index contributed by atoms with van der Waals surface area (Å²) in [5.74, 6) is 5.41. The molecular formula is C11H10FN3O. The van der Waals surface area contributed by atoms with Crippen LogP contribution in [0.5, 0.6) is 5.75 Å². The average Bonchev–Trinajstić information content (AvgIpc) is 2.30. The molecule has 0 heterocycles. The van der Waals surface area contributed by atoms with Gasteiger partial charge in [-0.15, -0.1) is 0 Å². The summed E-state index contributed by atoms with van der Waals surface area (Å²) in [5.41, 5.74) is 8.33. The van der Waals surface area contributed by atoms with Gasteiger partial charge in [0.15, 0.2) is 0 Å². The number of benzene rings is 1. The van der Waals surface area contributed by atoms with E-state index >= 15 is 0 Å². The van der Waals surface area contributed by atoms with Crippen molar-refractivity contribution in [2.24, 2.45) is 5.11 Å². The second-order valence-corrected chi connectivity index (χ2v) is 2.85. The first-order valence-corrected chi connectivity index (χ1v) is 4.61. The molecule has 0 aliphatic rings. The van der Waals surface area contributed by atoms with Gasteiger partial charge in [0, 0.05) is 23.9 Å². The highest BCUT2D eigenvalue weighted by atomic mass is 19.1. The number of azide groups is 1. The fraction of sp³-hybridized carbons (Fsp3) is 0.273. The second-order valence-electron chi connectivity index (χ2n) is 2.85. The molecule has 16 heavy (non-hydrogen) atoms. The van der Waals surface area contributed by atoms with Gasteiger partial charge in [-0.05, 0) is 17.7 Å². The molecular weight excluding hydrogens is 209 g/mol. The normalized spacial score (nSPS) is 8.62. The topological polar surface area (TPSA) is 58.0 Å². The maximum atomic E-state index is 13.3. The molecule has 82 valence electrons. The summed E-state index contributed by atoms with van der Waals surface area (Å²) in [6.07, 6.45) is 0.412. The van der Waals surface area contributed by atoms with Gasteiger partial charge in [-0.3, -0.25) is 0 Å². The molecule has 0 unspecified atom stereocenters. The van der Waals surface area contributed by atoms with Crippen LogP contribution in [0.1, 0.15) is 12.0 Å². The zero-order valence-electron chi connectivity index (χ0n) is 8.77. The monoisotopic (exact) mass is 219 g/mol. The van der Waals surface area contributed by atoms with Crippen molar-refractivity contribution < 1.29 is 9.13 Å². The van der Waals surface area contributed by atoms with Gasteiger partial charge in [-0.25, -0.2) is 4.39 Å². The molecule has 0 bridgehead atoms. The van der Waals surface area contributed by atoms with E-state index in [1.807, 2.05) is 0 Å². The Morgan fingerprint density at radius 2 is 2.38 bits per heavy atom. The van der Waals surface area contributed by atoms with E-state index in [2.05, 4.69) is 21.9 Å². The molecule has 0 aliphatic carbocycles. The standard InChI is InChI=1S/C11H10FN3O/c1-16-10-6-5-9(11(12)8-10)4-2-3-7-14-15-13/h5-6,8H,3,7H2,1H3. The molecule has 0 atom stereocenters. The Kier molecular flexibility index (Phi) is 4.71. The van der Waals surface area contributed by atoms with E-state index in [1.54, 1.807) is 12.1 Å². The van der Waals surface area contributed by atoms with Crippen LogP contribution < -0.4 is 4.74 Å². The number of hydrogen-bond acceptors (Lipinski definition) is 2. The zero-order valence-corrected chi connectivity index (χ0v) is 8.77. The fourth-order valence-corrected chi connectivity index (χ4v) is 1.03. The summed E-state index contributed by atoms with van der Waals surface area (Å²) in [5, 5.41) is 3.32. The van der Waals surface area contributed by atoms with Crippen LogP contribution in [0.4, 0.5) is 4.39 Å². The molecule has 0 N–H and O–H groups in total. The van der Waals surface area contributed by atoms with Crippen LogP contribution in [0.2, 0.25) is 0 Å². The maximum absolute atomic E-state index is 13.3. The molecule has 1 aromatic carbocycles. The molecule has 5 heteroatoms. The minimum Gasteiger partial charge on any atom is -0.497 e. The van der Waals surface area contributed by atoms with E-state index < -0.39 is 5.82 Å². The van der Waals surface area contributed by atoms with Crippen molar-refractivity contribution in [1.82, 2.24) is 0 Å². The Morgan fingerprint density at radius 3 is 3.00 bits per heavy atom. The lowest BCUT2D eigenvalue weighted by molar-refractivity contribution is 0.411. The number of hydrogen-bond donors (Lipinski definition) is 0. The van der Waals surface area contributed by atoms with Gasteiger partial charge in [-0.1, -0.05) is 17.0 Å². The van der Waals surface area contributed by atoms with E-state index in [-0.39, 0.29) is 0 Å². The molecule has 0 radical (unpaired) electrons. The van der Waals surface area contributed by atoms with Crippen molar-refractivity contribution in [1.29, 1.82) is 0 Å². The van der Waals surface area contributed by atoms with Gasteiger partial charge in [0.05, 0.1) is 12.7 Å². The molecule has 0 fully saturated rings. The van der Waals surface area contributed by atoms with Crippen molar-refractivity contribution in [3.8, 4) is 17.6 Å². The number of rotatable bonds is 3. The van der Waals surface area contributed by atoms with E-state index in [9.17, 15) is 4.39 Å². The molecule has 4 nitrogen and oxygen atoms in total. The van der Waals surface area contributed by atoms with Gasteiger partial charge < -0.3 is 4.74 Å². The first-order chi connectivity index (χ1) is 7.77. The van der Waals surface area contributed by atoms with Crippen molar-refractivity contribution in [2.45, 2.75) is 6.42 Å². The molecule has 1 aromatic rings. The van der Waals surface area contributed by atoms with E-state index in [1.165, 1.54) is 13.2 Å². The van der Waals surface area contributed by atoms with Crippen molar-refractivity contribution in [3.63, 3.8) is 0 Å². The molecule has 0 saturated carbocycles. The lowest BCUT2D eigenvalue weighted by Gasteiger charge is -1.99. The third-order valence-corrected chi connectivity index (χ3v) is 1.80. The molecule has 0 amide bonds. The Balaban J connectivity index is 2.69. The third kappa shape index (κ3) is 3.52. The van der Waals surface area contributed by atoms with Crippen LogP contribution in [0.3, 0.4) is 0 Å². The van der Waals surface area contributed by atoms with Gasteiger partial charge >= 0.3 is 0 Å². The van der Waals surface area contributed by atoms with Crippen LogP contribution in [0.25, 0.3) is 10.4 Å². The largest absolute Gasteiger partial charge is 0.497 e. The Bertz CT molecular complexity index is 470. The lowest BCUT2D eigenvalue weighted by atomic mass is 10.2. The van der Waals surface area contributed by atoms with Crippen LogP contribution in [0, 0.1) is 17.7 Å². The molecule has 0 saturated heterocycles. The van der Waals surface area contributed by atoms with Crippen LogP contribution in [-0.4, -0.2) is 13.7 Å². The number of ether oxygens (including phenoxy) is 1. The van der Waals surface area contributed by atoms with E-state index in [0.717, 1.165) is 0 Å². The SMILES string of the molecule is COc1ccc(C#CCCN=[N+]=[N-])c(F)c1. The van der Waals surface area contributed by atoms with Crippen LogP contribution >= 0.6 is 0 Å². The highest BCUT2D eigenvalue weighted by molar-refractivity contribution is 5.39. The van der Waals surface area contributed by atoms with Crippen LogP contribution in [0.15, 0.2) is 23.3 Å².